The van der Waals surface area contributed by atoms with Gasteiger partial charge in [-0.3, -0.25) is 20.4 Å². The van der Waals surface area contributed by atoms with E-state index in [2.05, 4.69) is 10.6 Å². The largest absolute Gasteiger partial charge is 0.472 e. The number of amides is 4. The van der Waals surface area contributed by atoms with E-state index in [1.54, 1.807) is 50.5 Å². The van der Waals surface area contributed by atoms with Crippen LogP contribution in [0.15, 0.2) is 30.3 Å². The highest BCUT2D eigenvalue weighted by molar-refractivity contribution is 5.86. The van der Waals surface area contributed by atoms with Crippen LogP contribution < -0.4 is 21.5 Å². The molecule has 0 aromatic heterocycles. The quantitative estimate of drug-likeness (QED) is 0.458. The first-order chi connectivity index (χ1) is 16.2. The highest BCUT2D eigenvalue weighted by atomic mass is 19.4. The summed E-state index contributed by atoms with van der Waals surface area (Å²) in [5, 5.41) is 5.26. The summed E-state index contributed by atoms with van der Waals surface area (Å²) in [5.74, 6) is -4.02. The van der Waals surface area contributed by atoms with Crippen molar-refractivity contribution in [3.63, 3.8) is 0 Å². The SMILES string of the molecule is CC(C)(C)OC(=O)N[C@@H]1C[C@@H](C(=O)NNC(=O)C(F)(F)F)CC[C@@H]1NC(=O)OCc1ccccc1. The van der Waals surface area contributed by atoms with Crippen molar-refractivity contribution < 1.29 is 41.8 Å². The summed E-state index contributed by atoms with van der Waals surface area (Å²) < 4.78 is 47.5. The van der Waals surface area contributed by atoms with Crippen molar-refractivity contribution in [3.8, 4) is 0 Å². The monoisotopic (exact) mass is 502 g/mol. The summed E-state index contributed by atoms with van der Waals surface area (Å²) in [5.41, 5.74) is 3.03. The van der Waals surface area contributed by atoms with Crippen LogP contribution >= 0.6 is 0 Å². The number of nitrogens with one attached hydrogen (secondary N) is 4. The third-order valence-electron chi connectivity index (χ3n) is 5.00. The van der Waals surface area contributed by atoms with Crippen LogP contribution in [0.5, 0.6) is 0 Å². The maximum absolute atomic E-state index is 12.3. The lowest BCUT2D eigenvalue weighted by Gasteiger charge is -2.36. The Morgan fingerprint density at radius 1 is 0.914 bits per heavy atom. The number of halogens is 3. The molecule has 1 aliphatic rings. The number of hydrazine groups is 1. The zero-order valence-corrected chi connectivity index (χ0v) is 19.5. The van der Waals surface area contributed by atoms with E-state index in [4.69, 9.17) is 9.47 Å². The summed E-state index contributed by atoms with van der Waals surface area (Å²) in [7, 11) is 0. The summed E-state index contributed by atoms with van der Waals surface area (Å²) in [4.78, 5) is 47.9. The van der Waals surface area contributed by atoms with Crippen LogP contribution in [0.25, 0.3) is 0 Å². The first kappa shape index (κ1) is 27.7. The van der Waals surface area contributed by atoms with Crippen LogP contribution in [-0.2, 0) is 25.7 Å². The Balaban J connectivity index is 2.00. The molecule has 35 heavy (non-hydrogen) atoms. The van der Waals surface area contributed by atoms with Crippen LogP contribution in [0.2, 0.25) is 0 Å². The molecule has 1 aromatic rings. The number of carbonyl (C=O) groups excluding carboxylic acids is 4. The predicted octanol–water partition coefficient (Wildman–Crippen LogP) is 2.68. The van der Waals surface area contributed by atoms with E-state index < -0.39 is 53.8 Å². The standard InChI is InChI=1S/C22H29F3N4O6/c1-21(2,3)35-20(33)27-16-11-14(17(30)28-29-18(31)22(23,24)25)9-10-15(16)26-19(32)34-12-13-7-5-4-6-8-13/h4-8,14-16H,9-12H2,1-3H3,(H,26,32)(H,27,33)(H,28,30)(H,29,31)/t14-,15-,16+/m0/s1. The van der Waals surface area contributed by atoms with Gasteiger partial charge in [0.05, 0.1) is 12.1 Å². The van der Waals surface area contributed by atoms with Crippen LogP contribution in [0.3, 0.4) is 0 Å². The van der Waals surface area contributed by atoms with Gasteiger partial charge in [-0.25, -0.2) is 9.59 Å². The molecule has 3 atom stereocenters. The summed E-state index contributed by atoms with van der Waals surface area (Å²) in [6.07, 6.45) is -6.35. The second kappa shape index (κ2) is 11.8. The van der Waals surface area contributed by atoms with Gasteiger partial charge in [-0.05, 0) is 45.6 Å². The highest BCUT2D eigenvalue weighted by Gasteiger charge is 2.40. The third-order valence-corrected chi connectivity index (χ3v) is 5.00. The van der Waals surface area contributed by atoms with Gasteiger partial charge in [-0.1, -0.05) is 30.3 Å². The van der Waals surface area contributed by atoms with Gasteiger partial charge in [0.15, 0.2) is 0 Å². The van der Waals surface area contributed by atoms with Crippen molar-refractivity contribution >= 4 is 24.0 Å². The molecular formula is C22H29F3N4O6. The average Bonchev–Trinajstić information content (AvgIpc) is 2.75. The minimum absolute atomic E-state index is 0.0213. The fraction of sp³-hybridized carbons (Fsp3) is 0.545. The molecule has 1 aliphatic carbocycles. The van der Waals surface area contributed by atoms with E-state index in [-0.39, 0.29) is 25.9 Å². The number of hydrogen-bond donors (Lipinski definition) is 4. The molecule has 0 spiro atoms. The first-order valence-electron chi connectivity index (χ1n) is 10.9. The molecule has 13 heteroatoms. The van der Waals surface area contributed by atoms with E-state index in [9.17, 15) is 32.3 Å². The summed E-state index contributed by atoms with van der Waals surface area (Å²) in [6.45, 7) is 4.99. The molecule has 4 amide bonds. The highest BCUT2D eigenvalue weighted by Crippen LogP contribution is 2.26. The second-order valence-corrected chi connectivity index (χ2v) is 9.02. The van der Waals surface area contributed by atoms with Gasteiger partial charge in [-0.2, -0.15) is 13.2 Å². The van der Waals surface area contributed by atoms with Gasteiger partial charge in [0.2, 0.25) is 5.91 Å². The van der Waals surface area contributed by atoms with Crippen LogP contribution in [0, 0.1) is 5.92 Å². The summed E-state index contributed by atoms with van der Waals surface area (Å²) in [6, 6.07) is 7.53. The van der Waals surface area contributed by atoms with E-state index in [1.165, 1.54) is 5.43 Å². The van der Waals surface area contributed by atoms with Gasteiger partial charge < -0.3 is 20.1 Å². The molecule has 4 N–H and O–H groups in total. The number of benzene rings is 1. The molecule has 0 saturated heterocycles. The number of carbonyl (C=O) groups is 4. The van der Waals surface area contributed by atoms with E-state index in [1.807, 2.05) is 6.07 Å². The normalized spacial score (nSPS) is 20.2. The molecule has 1 aromatic carbocycles. The molecule has 0 unspecified atom stereocenters. The van der Waals surface area contributed by atoms with E-state index in [0.29, 0.717) is 0 Å². The Labute approximate surface area is 200 Å². The van der Waals surface area contributed by atoms with Gasteiger partial charge in [0.1, 0.15) is 12.2 Å². The zero-order valence-electron chi connectivity index (χ0n) is 19.5. The lowest BCUT2D eigenvalue weighted by atomic mass is 9.82. The third kappa shape index (κ3) is 9.71. The fourth-order valence-electron chi connectivity index (χ4n) is 3.41. The van der Waals surface area contributed by atoms with Crippen molar-refractivity contribution in [3.05, 3.63) is 35.9 Å². The zero-order chi connectivity index (χ0) is 26.2. The van der Waals surface area contributed by atoms with Crippen molar-refractivity contribution in [1.29, 1.82) is 0 Å². The fourth-order valence-corrected chi connectivity index (χ4v) is 3.41. The van der Waals surface area contributed by atoms with Gasteiger partial charge in [0, 0.05) is 5.92 Å². The summed E-state index contributed by atoms with van der Waals surface area (Å²) >= 11 is 0. The number of alkyl carbamates (subject to hydrolysis) is 2. The van der Waals surface area contributed by atoms with Gasteiger partial charge in [0.25, 0.3) is 0 Å². The lowest BCUT2D eigenvalue weighted by Crippen LogP contribution is -2.57. The maximum atomic E-state index is 12.3. The van der Waals surface area contributed by atoms with Crippen LogP contribution in [-0.4, -0.2) is 47.9 Å². The Hall–Kier alpha value is -3.51. The van der Waals surface area contributed by atoms with Gasteiger partial charge in [-0.15, -0.1) is 0 Å². The molecule has 0 bridgehead atoms. The smallest absolute Gasteiger partial charge is 0.445 e. The second-order valence-electron chi connectivity index (χ2n) is 9.02. The molecule has 2 rings (SSSR count). The number of rotatable bonds is 5. The molecule has 194 valence electrons. The Kier molecular flexibility index (Phi) is 9.32. The van der Waals surface area contributed by atoms with Crippen molar-refractivity contribution in [2.24, 2.45) is 5.92 Å². The minimum atomic E-state index is -5.16. The minimum Gasteiger partial charge on any atom is -0.445 e. The Morgan fingerprint density at radius 2 is 1.54 bits per heavy atom. The van der Waals surface area contributed by atoms with Crippen molar-refractivity contribution in [2.45, 2.75) is 70.5 Å². The number of hydrogen-bond acceptors (Lipinski definition) is 6. The molecular weight excluding hydrogens is 473 g/mol. The average molecular weight is 502 g/mol. The molecule has 0 heterocycles. The molecule has 1 fully saturated rings. The van der Waals surface area contributed by atoms with E-state index in [0.717, 1.165) is 5.56 Å². The number of alkyl halides is 3. The lowest BCUT2D eigenvalue weighted by molar-refractivity contribution is -0.175. The molecule has 0 radical (unpaired) electrons. The van der Waals surface area contributed by atoms with Crippen molar-refractivity contribution in [2.75, 3.05) is 0 Å². The van der Waals surface area contributed by atoms with Crippen LogP contribution in [0.1, 0.15) is 45.6 Å². The molecule has 1 saturated carbocycles. The van der Waals surface area contributed by atoms with E-state index >= 15 is 0 Å². The van der Waals surface area contributed by atoms with Crippen molar-refractivity contribution in [1.82, 2.24) is 21.5 Å². The number of ether oxygens (including phenoxy) is 2. The predicted molar refractivity (Wildman–Crippen MR) is 116 cm³/mol. The molecule has 0 aliphatic heterocycles. The maximum Gasteiger partial charge on any atom is 0.472 e. The molecule has 10 nitrogen and oxygen atoms in total. The Morgan fingerprint density at radius 3 is 2.14 bits per heavy atom. The Bertz CT molecular complexity index is 905. The topological polar surface area (TPSA) is 135 Å². The first-order valence-corrected chi connectivity index (χ1v) is 10.9. The van der Waals surface area contributed by atoms with Crippen LogP contribution in [0.4, 0.5) is 22.8 Å². The van der Waals surface area contributed by atoms with Gasteiger partial charge >= 0.3 is 24.3 Å².